The van der Waals surface area contributed by atoms with Crippen LogP contribution in [0.2, 0.25) is 0 Å². The number of halogens is 1. The van der Waals surface area contributed by atoms with Gasteiger partial charge in [-0.15, -0.1) is 16.7 Å². The molecule has 5 heteroatoms. The van der Waals surface area contributed by atoms with Gasteiger partial charge in [-0.1, -0.05) is 5.21 Å². The molecule has 0 atom stereocenters. The van der Waals surface area contributed by atoms with Crippen LogP contribution in [0.25, 0.3) is 0 Å². The third-order valence-corrected chi connectivity index (χ3v) is 3.20. The number of hydrogen-bond acceptors (Lipinski definition) is 3. The van der Waals surface area contributed by atoms with Gasteiger partial charge in [0.1, 0.15) is 5.69 Å². The molecule has 0 amide bonds. The molecule has 0 N–H and O–H groups in total. The van der Waals surface area contributed by atoms with Crippen molar-refractivity contribution in [2.45, 2.75) is 38.1 Å². The molecule has 1 aromatic heterocycles. The maximum Gasteiger partial charge on any atom is 0.101 e. The molecule has 0 bridgehead atoms. The van der Waals surface area contributed by atoms with Crippen LogP contribution >= 0.6 is 11.6 Å². The van der Waals surface area contributed by atoms with Gasteiger partial charge < -0.3 is 4.74 Å². The van der Waals surface area contributed by atoms with Gasteiger partial charge in [0.25, 0.3) is 0 Å². The molecule has 1 saturated carbocycles. The monoisotopic (exact) mass is 243 g/mol. The molecule has 16 heavy (non-hydrogen) atoms. The fraction of sp³-hybridized carbons (Fsp3) is 0.818. The second-order valence-corrected chi connectivity index (χ2v) is 4.60. The van der Waals surface area contributed by atoms with E-state index in [0.717, 1.165) is 37.6 Å². The lowest BCUT2D eigenvalue weighted by atomic mass is 10.2. The van der Waals surface area contributed by atoms with E-state index < -0.39 is 0 Å². The van der Waals surface area contributed by atoms with Crippen molar-refractivity contribution in [1.29, 1.82) is 0 Å². The Kier molecular flexibility index (Phi) is 4.18. The van der Waals surface area contributed by atoms with Crippen LogP contribution in [-0.4, -0.2) is 28.7 Å². The third kappa shape index (κ3) is 2.95. The van der Waals surface area contributed by atoms with Gasteiger partial charge in [0, 0.05) is 20.3 Å². The summed E-state index contributed by atoms with van der Waals surface area (Å²) in [5, 5.41) is 8.30. The van der Waals surface area contributed by atoms with Gasteiger partial charge in [-0.2, -0.15) is 0 Å². The molecular weight excluding hydrogens is 226 g/mol. The van der Waals surface area contributed by atoms with E-state index >= 15 is 0 Å². The zero-order chi connectivity index (χ0) is 11.4. The highest BCUT2D eigenvalue weighted by molar-refractivity contribution is 6.16. The van der Waals surface area contributed by atoms with E-state index in [9.17, 15) is 0 Å². The predicted molar refractivity (Wildman–Crippen MR) is 62.5 cm³/mol. The van der Waals surface area contributed by atoms with Crippen LogP contribution in [-0.2, 0) is 23.6 Å². The lowest BCUT2D eigenvalue weighted by Crippen LogP contribution is -2.08. The molecule has 1 fully saturated rings. The lowest BCUT2D eigenvalue weighted by molar-refractivity contribution is 0.188. The topological polar surface area (TPSA) is 39.9 Å². The Morgan fingerprint density at radius 1 is 1.50 bits per heavy atom. The number of methoxy groups -OCH3 is 1. The summed E-state index contributed by atoms with van der Waals surface area (Å²) < 4.78 is 7.04. The Morgan fingerprint density at radius 3 is 2.94 bits per heavy atom. The Labute approximate surface area is 101 Å². The molecule has 1 aliphatic rings. The molecule has 0 aliphatic heterocycles. The van der Waals surface area contributed by atoms with Crippen molar-refractivity contribution in [2.24, 2.45) is 5.92 Å². The predicted octanol–water partition coefficient (Wildman–Crippen LogP) is 2.01. The van der Waals surface area contributed by atoms with Crippen molar-refractivity contribution < 1.29 is 4.74 Å². The maximum atomic E-state index is 5.87. The number of ether oxygens (including phenoxy) is 1. The molecule has 2 rings (SSSR count). The second-order valence-electron chi connectivity index (χ2n) is 4.33. The zero-order valence-electron chi connectivity index (χ0n) is 9.65. The van der Waals surface area contributed by atoms with Gasteiger partial charge in [0.15, 0.2) is 0 Å². The zero-order valence-corrected chi connectivity index (χ0v) is 10.4. The Hall–Kier alpha value is -0.610. The second kappa shape index (κ2) is 5.64. The molecule has 1 aliphatic carbocycles. The number of alkyl halides is 1. The molecule has 0 radical (unpaired) electrons. The van der Waals surface area contributed by atoms with E-state index in [2.05, 4.69) is 10.3 Å². The molecule has 0 aromatic carbocycles. The van der Waals surface area contributed by atoms with Crippen LogP contribution in [0, 0.1) is 5.92 Å². The number of aromatic nitrogens is 3. The summed E-state index contributed by atoms with van der Waals surface area (Å²) >= 11 is 5.87. The van der Waals surface area contributed by atoms with Crippen molar-refractivity contribution in [1.82, 2.24) is 15.0 Å². The highest BCUT2D eigenvalue weighted by atomic mass is 35.5. The first-order valence-corrected chi connectivity index (χ1v) is 6.34. The van der Waals surface area contributed by atoms with E-state index in [1.165, 1.54) is 18.5 Å². The van der Waals surface area contributed by atoms with Crippen LogP contribution in [0.1, 0.15) is 30.7 Å². The van der Waals surface area contributed by atoms with Crippen LogP contribution in [0.4, 0.5) is 0 Å². The van der Waals surface area contributed by atoms with Crippen molar-refractivity contribution in [3.63, 3.8) is 0 Å². The summed E-state index contributed by atoms with van der Waals surface area (Å²) in [7, 11) is 1.72. The van der Waals surface area contributed by atoms with Gasteiger partial charge in [0.05, 0.1) is 11.6 Å². The van der Waals surface area contributed by atoms with Crippen molar-refractivity contribution in [3.8, 4) is 0 Å². The first-order valence-electron chi connectivity index (χ1n) is 5.81. The fourth-order valence-electron chi connectivity index (χ4n) is 1.83. The molecular formula is C11H18ClN3O. The Bertz CT molecular complexity index is 336. The van der Waals surface area contributed by atoms with Gasteiger partial charge in [-0.3, -0.25) is 0 Å². The lowest BCUT2D eigenvalue weighted by Gasteiger charge is -2.06. The smallest absolute Gasteiger partial charge is 0.101 e. The normalized spacial score (nSPS) is 15.6. The van der Waals surface area contributed by atoms with Crippen LogP contribution in [0.3, 0.4) is 0 Å². The van der Waals surface area contributed by atoms with Crippen molar-refractivity contribution in [3.05, 3.63) is 11.4 Å². The van der Waals surface area contributed by atoms with E-state index in [1.54, 1.807) is 7.11 Å². The number of hydrogen-bond donors (Lipinski definition) is 0. The highest BCUT2D eigenvalue weighted by Gasteiger charge is 2.25. The minimum atomic E-state index is 0.465. The first kappa shape index (κ1) is 11.9. The van der Waals surface area contributed by atoms with Crippen LogP contribution in [0.5, 0.6) is 0 Å². The minimum absolute atomic E-state index is 0.465. The largest absolute Gasteiger partial charge is 0.385 e. The summed E-state index contributed by atoms with van der Waals surface area (Å²) in [4.78, 5) is 0. The molecule has 4 nitrogen and oxygen atoms in total. The molecule has 1 heterocycles. The van der Waals surface area contributed by atoms with E-state index in [0.29, 0.717) is 5.88 Å². The fourth-order valence-corrected chi connectivity index (χ4v) is 2.04. The standard InChI is InChI=1S/C11H18ClN3O/c1-16-6-2-5-15-11(7-9-3-4-9)10(8-12)13-14-15/h9H,2-8H2,1H3. The highest BCUT2D eigenvalue weighted by Crippen LogP contribution is 2.33. The maximum absolute atomic E-state index is 5.87. The minimum Gasteiger partial charge on any atom is -0.385 e. The summed E-state index contributed by atoms with van der Waals surface area (Å²) in [6.45, 7) is 1.64. The number of rotatable bonds is 7. The van der Waals surface area contributed by atoms with E-state index in [-0.39, 0.29) is 0 Å². The van der Waals surface area contributed by atoms with Crippen molar-refractivity contribution in [2.75, 3.05) is 13.7 Å². The molecule has 0 spiro atoms. The van der Waals surface area contributed by atoms with Crippen molar-refractivity contribution >= 4 is 11.6 Å². The van der Waals surface area contributed by atoms with Gasteiger partial charge in [-0.05, 0) is 31.6 Å². The van der Waals surface area contributed by atoms with Crippen LogP contribution in [0.15, 0.2) is 0 Å². The first-order chi connectivity index (χ1) is 7.85. The Balaban J connectivity index is 2.00. The third-order valence-electron chi connectivity index (χ3n) is 2.94. The SMILES string of the molecule is COCCCn1nnc(CCl)c1CC1CC1. The van der Waals surface area contributed by atoms with Gasteiger partial charge >= 0.3 is 0 Å². The molecule has 90 valence electrons. The molecule has 1 aromatic rings. The Morgan fingerprint density at radius 2 is 2.31 bits per heavy atom. The summed E-state index contributed by atoms with van der Waals surface area (Å²) in [5.74, 6) is 1.30. The summed E-state index contributed by atoms with van der Waals surface area (Å²) in [6, 6.07) is 0. The summed E-state index contributed by atoms with van der Waals surface area (Å²) in [5.41, 5.74) is 2.18. The van der Waals surface area contributed by atoms with Crippen LogP contribution < -0.4 is 0 Å². The van der Waals surface area contributed by atoms with E-state index in [1.807, 2.05) is 4.68 Å². The summed E-state index contributed by atoms with van der Waals surface area (Å²) in [6.07, 6.45) is 4.73. The number of nitrogens with zero attached hydrogens (tertiary/aromatic N) is 3. The molecule has 0 unspecified atom stereocenters. The number of aryl methyl sites for hydroxylation is 1. The average Bonchev–Trinajstić information content (AvgIpc) is 3.02. The molecule has 0 saturated heterocycles. The van der Waals surface area contributed by atoms with Gasteiger partial charge in [0.2, 0.25) is 0 Å². The average molecular weight is 244 g/mol. The quantitative estimate of drug-likeness (QED) is 0.543. The van der Waals surface area contributed by atoms with Gasteiger partial charge in [-0.25, -0.2) is 4.68 Å². The van der Waals surface area contributed by atoms with E-state index in [4.69, 9.17) is 16.3 Å².